The summed E-state index contributed by atoms with van der Waals surface area (Å²) in [4.78, 5) is 0. The van der Waals surface area contributed by atoms with Gasteiger partial charge in [-0.15, -0.1) is 0 Å². The molecule has 156 valence electrons. The molecule has 3 aliphatic rings. The van der Waals surface area contributed by atoms with Crippen molar-refractivity contribution in [1.29, 1.82) is 0 Å². The highest BCUT2D eigenvalue weighted by molar-refractivity contribution is 5.75. The van der Waals surface area contributed by atoms with Crippen LogP contribution in [0.5, 0.6) is 0 Å². The molecule has 5 atom stereocenters. The van der Waals surface area contributed by atoms with Gasteiger partial charge in [-0.3, -0.25) is 0 Å². The predicted molar refractivity (Wildman–Crippen MR) is 129 cm³/mol. The number of hydrogen-bond acceptors (Lipinski definition) is 0. The van der Waals surface area contributed by atoms with Gasteiger partial charge in [0.15, 0.2) is 0 Å². The Kier molecular flexibility index (Phi) is 5.21. The maximum Gasteiger partial charge on any atom is 0.00583 e. The Labute approximate surface area is 183 Å². The minimum Gasteiger partial charge on any atom is -0.0761 e. The summed E-state index contributed by atoms with van der Waals surface area (Å²) in [6.45, 7) is 9.85. The normalized spacial score (nSPS) is 29.9. The molecular formula is C30H36. The highest BCUT2D eigenvalue weighted by atomic mass is 14.5. The topological polar surface area (TPSA) is 0 Å². The molecule has 0 bridgehead atoms. The molecule has 0 radical (unpaired) electrons. The van der Waals surface area contributed by atoms with Gasteiger partial charge in [0.25, 0.3) is 0 Å². The molecule has 30 heavy (non-hydrogen) atoms. The lowest BCUT2D eigenvalue weighted by atomic mass is 9.57. The summed E-state index contributed by atoms with van der Waals surface area (Å²) >= 11 is 0. The minimum atomic E-state index is 0.598. The zero-order valence-corrected chi connectivity index (χ0v) is 19.0. The smallest absolute Gasteiger partial charge is 0.00583 e. The minimum absolute atomic E-state index is 0.598. The zero-order chi connectivity index (χ0) is 20.8. The summed E-state index contributed by atoms with van der Waals surface area (Å²) in [5, 5.41) is 0. The standard InChI is InChI=1S/C30H36/c1-19(2)27-17-30(26-16-14-22-10-6-8-12-24(22)26)28(20(3)4)18-29(27)25-15-13-21-9-5-7-11-23(21)25/h5-13,15-16,19-20,25,27-30H,14,17-18H2,1-4H3. The molecule has 2 aromatic rings. The number of hydrogen-bond donors (Lipinski definition) is 0. The van der Waals surface area contributed by atoms with Gasteiger partial charge in [-0.05, 0) is 82.6 Å². The molecule has 3 aliphatic carbocycles. The van der Waals surface area contributed by atoms with E-state index in [4.69, 9.17) is 0 Å². The van der Waals surface area contributed by atoms with E-state index in [2.05, 4.69) is 94.5 Å². The van der Waals surface area contributed by atoms with Gasteiger partial charge in [0.1, 0.15) is 0 Å². The van der Waals surface area contributed by atoms with E-state index in [1.165, 1.54) is 24.0 Å². The van der Waals surface area contributed by atoms with Crippen molar-refractivity contribution in [3.8, 4) is 0 Å². The molecule has 0 aromatic heterocycles. The van der Waals surface area contributed by atoms with Crippen molar-refractivity contribution in [1.82, 2.24) is 0 Å². The van der Waals surface area contributed by atoms with Gasteiger partial charge in [-0.2, -0.15) is 0 Å². The van der Waals surface area contributed by atoms with Crippen LogP contribution in [0.15, 0.2) is 60.7 Å². The first kappa shape index (κ1) is 19.9. The third-order valence-corrected chi connectivity index (χ3v) is 8.42. The lowest BCUT2D eigenvalue weighted by Crippen LogP contribution is -2.39. The van der Waals surface area contributed by atoms with E-state index in [-0.39, 0.29) is 0 Å². The van der Waals surface area contributed by atoms with Crippen molar-refractivity contribution in [3.63, 3.8) is 0 Å². The largest absolute Gasteiger partial charge is 0.0761 e. The van der Waals surface area contributed by atoms with E-state index in [9.17, 15) is 0 Å². The Bertz CT molecular complexity index is 973. The first-order valence-electron chi connectivity index (χ1n) is 12.1. The Hall–Kier alpha value is -2.08. The second-order valence-corrected chi connectivity index (χ2v) is 10.6. The van der Waals surface area contributed by atoms with Crippen LogP contribution < -0.4 is 0 Å². The van der Waals surface area contributed by atoms with Crippen molar-refractivity contribution in [2.45, 2.75) is 52.9 Å². The summed E-state index contributed by atoms with van der Waals surface area (Å²) < 4.78 is 0. The van der Waals surface area contributed by atoms with Gasteiger partial charge in [-0.25, -0.2) is 0 Å². The lowest BCUT2D eigenvalue weighted by molar-refractivity contribution is 0.0746. The van der Waals surface area contributed by atoms with Gasteiger partial charge in [0.05, 0.1) is 0 Å². The van der Waals surface area contributed by atoms with Crippen LogP contribution >= 0.6 is 0 Å². The van der Waals surface area contributed by atoms with E-state index in [1.807, 2.05) is 0 Å². The number of benzene rings is 2. The van der Waals surface area contributed by atoms with Crippen LogP contribution in [0.4, 0.5) is 0 Å². The fourth-order valence-corrected chi connectivity index (χ4v) is 6.88. The summed E-state index contributed by atoms with van der Waals surface area (Å²) in [5.74, 6) is 5.05. The zero-order valence-electron chi connectivity index (χ0n) is 19.0. The maximum atomic E-state index is 2.56. The summed E-state index contributed by atoms with van der Waals surface area (Å²) in [6.07, 6.45) is 11.3. The summed E-state index contributed by atoms with van der Waals surface area (Å²) in [7, 11) is 0. The molecule has 5 rings (SSSR count). The Balaban J connectivity index is 1.50. The quantitative estimate of drug-likeness (QED) is 0.491. The van der Waals surface area contributed by atoms with Crippen LogP contribution in [0.25, 0.3) is 11.6 Å². The molecule has 0 spiro atoms. The summed E-state index contributed by atoms with van der Waals surface area (Å²) in [5.41, 5.74) is 7.75. The van der Waals surface area contributed by atoms with Crippen LogP contribution in [0.2, 0.25) is 0 Å². The first-order valence-corrected chi connectivity index (χ1v) is 12.1. The second kappa shape index (κ2) is 7.88. The molecule has 5 unspecified atom stereocenters. The van der Waals surface area contributed by atoms with Gasteiger partial charge < -0.3 is 0 Å². The number of allylic oxidation sites excluding steroid dienone is 3. The van der Waals surface area contributed by atoms with Crippen molar-refractivity contribution in [2.75, 3.05) is 0 Å². The van der Waals surface area contributed by atoms with Gasteiger partial charge in [0.2, 0.25) is 0 Å². The predicted octanol–water partition coefficient (Wildman–Crippen LogP) is 8.01. The van der Waals surface area contributed by atoms with Crippen LogP contribution in [-0.2, 0) is 6.42 Å². The van der Waals surface area contributed by atoms with Crippen molar-refractivity contribution in [2.24, 2.45) is 35.5 Å². The molecule has 0 nitrogen and oxygen atoms in total. The van der Waals surface area contributed by atoms with E-state index in [1.54, 1.807) is 16.7 Å². The van der Waals surface area contributed by atoms with Crippen molar-refractivity contribution < 1.29 is 0 Å². The fraction of sp³-hybridized carbons (Fsp3) is 0.467. The van der Waals surface area contributed by atoms with Crippen molar-refractivity contribution >= 4 is 11.6 Å². The van der Waals surface area contributed by atoms with Crippen LogP contribution in [-0.4, -0.2) is 0 Å². The third-order valence-electron chi connectivity index (χ3n) is 8.42. The average Bonchev–Trinajstić information content (AvgIpc) is 3.37. The SMILES string of the molecule is CC(C)C1CC(C2C=Cc3ccccc32)C(C(C)C)CC1C1=CCc2ccccc21. The monoisotopic (exact) mass is 396 g/mol. The molecule has 2 aromatic carbocycles. The molecule has 0 heteroatoms. The Morgan fingerprint density at radius 3 is 2.33 bits per heavy atom. The molecule has 1 fully saturated rings. The maximum absolute atomic E-state index is 2.56. The first-order chi connectivity index (χ1) is 14.5. The molecular weight excluding hydrogens is 360 g/mol. The fourth-order valence-electron chi connectivity index (χ4n) is 6.88. The Morgan fingerprint density at radius 2 is 1.53 bits per heavy atom. The van der Waals surface area contributed by atoms with E-state index in [0.717, 1.165) is 36.0 Å². The van der Waals surface area contributed by atoms with Gasteiger partial charge >= 0.3 is 0 Å². The van der Waals surface area contributed by atoms with E-state index < -0.39 is 0 Å². The number of fused-ring (bicyclic) bond motifs is 2. The summed E-state index contributed by atoms with van der Waals surface area (Å²) in [6, 6.07) is 18.2. The van der Waals surface area contributed by atoms with Crippen LogP contribution in [0.3, 0.4) is 0 Å². The van der Waals surface area contributed by atoms with E-state index >= 15 is 0 Å². The Morgan fingerprint density at radius 1 is 0.800 bits per heavy atom. The van der Waals surface area contributed by atoms with Crippen molar-refractivity contribution in [3.05, 3.63) is 82.9 Å². The average molecular weight is 397 g/mol. The highest BCUT2D eigenvalue weighted by Gasteiger charge is 2.45. The lowest BCUT2D eigenvalue weighted by Gasteiger charge is -2.48. The van der Waals surface area contributed by atoms with Crippen LogP contribution in [0, 0.1) is 35.5 Å². The molecule has 0 heterocycles. The van der Waals surface area contributed by atoms with E-state index in [0.29, 0.717) is 11.8 Å². The van der Waals surface area contributed by atoms with Gasteiger partial charge in [0, 0.05) is 5.92 Å². The third kappa shape index (κ3) is 3.29. The molecule has 0 N–H and O–H groups in total. The van der Waals surface area contributed by atoms with Gasteiger partial charge in [-0.1, -0.05) is 94.5 Å². The molecule has 0 amide bonds. The molecule has 1 saturated carbocycles. The van der Waals surface area contributed by atoms with Crippen LogP contribution in [0.1, 0.15) is 68.7 Å². The highest BCUT2D eigenvalue weighted by Crippen LogP contribution is 2.55. The molecule has 0 aliphatic heterocycles. The molecule has 0 saturated heterocycles. The number of rotatable bonds is 4. The second-order valence-electron chi connectivity index (χ2n) is 10.6.